The molecule has 2 aromatic rings. The van der Waals surface area contributed by atoms with E-state index in [4.69, 9.17) is 4.74 Å². The van der Waals surface area contributed by atoms with Crippen molar-refractivity contribution in [3.05, 3.63) is 64.4 Å². The second-order valence-electron chi connectivity index (χ2n) is 4.84. The third kappa shape index (κ3) is 3.40. The molecule has 1 aromatic carbocycles. The summed E-state index contributed by atoms with van der Waals surface area (Å²) in [5.41, 5.74) is 2.06. The lowest BCUT2D eigenvalue weighted by atomic mass is 10.1. The van der Waals surface area contributed by atoms with Gasteiger partial charge >= 0.3 is 0 Å². The van der Waals surface area contributed by atoms with Crippen LogP contribution in [0.25, 0.3) is 5.70 Å². The number of nitrogens with zero attached hydrogens (tertiary/aromatic N) is 1. The lowest BCUT2D eigenvalue weighted by molar-refractivity contribution is 0.0637. The Morgan fingerprint density at radius 3 is 2.52 bits per heavy atom. The minimum Gasteiger partial charge on any atom is -0.378 e. The fourth-order valence-corrected chi connectivity index (χ4v) is 3.02. The van der Waals surface area contributed by atoms with E-state index in [-0.39, 0.29) is 5.78 Å². The molecule has 1 aliphatic rings. The van der Waals surface area contributed by atoms with Gasteiger partial charge in [-0.3, -0.25) is 4.79 Å². The van der Waals surface area contributed by atoms with E-state index in [1.807, 2.05) is 47.8 Å². The molecule has 108 valence electrons. The fraction of sp³-hybridized carbons (Fsp3) is 0.235. The zero-order valence-corrected chi connectivity index (χ0v) is 12.5. The lowest BCUT2D eigenvalue weighted by Crippen LogP contribution is -2.35. The van der Waals surface area contributed by atoms with Crippen LogP contribution in [0.2, 0.25) is 0 Å². The molecule has 0 atom stereocenters. The quantitative estimate of drug-likeness (QED) is 0.641. The van der Waals surface area contributed by atoms with Crippen LogP contribution in [0.1, 0.15) is 15.2 Å². The summed E-state index contributed by atoms with van der Waals surface area (Å²) in [5, 5.41) is 1.93. The summed E-state index contributed by atoms with van der Waals surface area (Å²) in [6, 6.07) is 13.8. The zero-order chi connectivity index (χ0) is 14.5. The van der Waals surface area contributed by atoms with Gasteiger partial charge in [0.1, 0.15) is 0 Å². The minimum atomic E-state index is 0.0651. The van der Waals surface area contributed by atoms with E-state index in [9.17, 15) is 4.79 Å². The van der Waals surface area contributed by atoms with Gasteiger partial charge in [-0.2, -0.15) is 0 Å². The highest BCUT2D eigenvalue weighted by Gasteiger charge is 2.17. The SMILES string of the molecule is O=C(/C=C(\c1ccccc1)N1CCOCC1)c1cccs1. The van der Waals surface area contributed by atoms with Crippen LogP contribution in [0.15, 0.2) is 53.9 Å². The van der Waals surface area contributed by atoms with E-state index in [0.717, 1.165) is 29.2 Å². The first kappa shape index (κ1) is 14.0. The fourth-order valence-electron chi connectivity index (χ4n) is 2.38. The number of carbonyl (C=O) groups excluding carboxylic acids is 1. The van der Waals surface area contributed by atoms with Crippen molar-refractivity contribution in [2.45, 2.75) is 0 Å². The molecule has 4 heteroatoms. The molecule has 0 amide bonds. The van der Waals surface area contributed by atoms with Gasteiger partial charge in [0.25, 0.3) is 0 Å². The van der Waals surface area contributed by atoms with Gasteiger partial charge in [0.15, 0.2) is 5.78 Å². The van der Waals surface area contributed by atoms with Gasteiger partial charge in [0.05, 0.1) is 18.1 Å². The van der Waals surface area contributed by atoms with Crippen LogP contribution < -0.4 is 0 Å². The molecule has 1 aromatic heterocycles. The summed E-state index contributed by atoms with van der Waals surface area (Å²) in [5.74, 6) is 0.0651. The number of hydrogen-bond acceptors (Lipinski definition) is 4. The van der Waals surface area contributed by atoms with Gasteiger partial charge in [-0.25, -0.2) is 0 Å². The van der Waals surface area contributed by atoms with Crippen molar-refractivity contribution in [2.24, 2.45) is 0 Å². The molecule has 3 rings (SSSR count). The minimum absolute atomic E-state index is 0.0651. The molecule has 3 nitrogen and oxygen atoms in total. The molecule has 1 saturated heterocycles. The highest BCUT2D eigenvalue weighted by atomic mass is 32.1. The maximum absolute atomic E-state index is 12.4. The maximum Gasteiger partial charge on any atom is 0.197 e. The van der Waals surface area contributed by atoms with Crippen LogP contribution in [0.5, 0.6) is 0 Å². The Labute approximate surface area is 128 Å². The van der Waals surface area contributed by atoms with Crippen molar-refractivity contribution in [2.75, 3.05) is 26.3 Å². The van der Waals surface area contributed by atoms with E-state index in [2.05, 4.69) is 4.90 Å². The number of allylic oxidation sites excluding steroid dienone is 1. The Hall–Kier alpha value is -1.91. The van der Waals surface area contributed by atoms with Crippen molar-refractivity contribution in [3.63, 3.8) is 0 Å². The Morgan fingerprint density at radius 2 is 1.86 bits per heavy atom. The average molecular weight is 299 g/mol. The first-order valence-electron chi connectivity index (χ1n) is 7.02. The van der Waals surface area contributed by atoms with Crippen LogP contribution in [0, 0.1) is 0 Å². The first-order chi connectivity index (χ1) is 10.3. The summed E-state index contributed by atoms with van der Waals surface area (Å²) < 4.78 is 5.41. The second-order valence-corrected chi connectivity index (χ2v) is 5.78. The van der Waals surface area contributed by atoms with E-state index < -0.39 is 0 Å². The van der Waals surface area contributed by atoms with Crippen molar-refractivity contribution in [1.82, 2.24) is 4.90 Å². The molecule has 21 heavy (non-hydrogen) atoms. The number of morpholine rings is 1. The number of hydrogen-bond donors (Lipinski definition) is 0. The average Bonchev–Trinajstić information content (AvgIpc) is 3.09. The van der Waals surface area contributed by atoms with Gasteiger partial charge in [0.2, 0.25) is 0 Å². The van der Waals surface area contributed by atoms with Crippen molar-refractivity contribution in [1.29, 1.82) is 0 Å². The van der Waals surface area contributed by atoms with E-state index in [1.165, 1.54) is 11.3 Å². The Bertz CT molecular complexity index is 614. The number of thiophene rings is 1. The number of ketones is 1. The highest BCUT2D eigenvalue weighted by Crippen LogP contribution is 2.22. The molecule has 0 radical (unpaired) electrons. The molecule has 1 fully saturated rings. The predicted octanol–water partition coefficient (Wildman–Crippen LogP) is 3.30. The summed E-state index contributed by atoms with van der Waals surface area (Å²) in [4.78, 5) is 15.4. The zero-order valence-electron chi connectivity index (χ0n) is 11.7. The van der Waals surface area contributed by atoms with Crippen LogP contribution >= 0.6 is 11.3 Å². The molecule has 1 aliphatic heterocycles. The molecule has 0 saturated carbocycles. The van der Waals surface area contributed by atoms with Crippen molar-refractivity contribution in [3.8, 4) is 0 Å². The molecule has 2 heterocycles. The normalized spacial score (nSPS) is 16.0. The summed E-state index contributed by atoms with van der Waals surface area (Å²) >= 11 is 1.48. The van der Waals surface area contributed by atoms with Gasteiger partial charge in [0, 0.05) is 24.9 Å². The highest BCUT2D eigenvalue weighted by molar-refractivity contribution is 7.12. The molecule has 0 spiro atoms. The summed E-state index contributed by atoms with van der Waals surface area (Å²) in [6.07, 6.45) is 1.76. The van der Waals surface area contributed by atoms with Crippen LogP contribution in [0.3, 0.4) is 0 Å². The van der Waals surface area contributed by atoms with Crippen molar-refractivity contribution < 1.29 is 9.53 Å². The second kappa shape index (κ2) is 6.70. The smallest absolute Gasteiger partial charge is 0.197 e. The maximum atomic E-state index is 12.4. The number of carbonyl (C=O) groups is 1. The van der Waals surface area contributed by atoms with Gasteiger partial charge in [-0.15, -0.1) is 11.3 Å². The van der Waals surface area contributed by atoms with Crippen LogP contribution in [-0.4, -0.2) is 37.0 Å². The Morgan fingerprint density at radius 1 is 1.10 bits per heavy atom. The van der Waals surface area contributed by atoms with Gasteiger partial charge in [-0.05, 0) is 17.0 Å². The van der Waals surface area contributed by atoms with Crippen LogP contribution in [0.4, 0.5) is 0 Å². The molecule has 0 bridgehead atoms. The Balaban J connectivity index is 1.93. The lowest BCUT2D eigenvalue weighted by Gasteiger charge is -2.31. The number of ether oxygens (including phenoxy) is 1. The third-order valence-corrected chi connectivity index (χ3v) is 4.34. The van der Waals surface area contributed by atoms with E-state index in [0.29, 0.717) is 13.2 Å². The third-order valence-electron chi connectivity index (χ3n) is 3.45. The van der Waals surface area contributed by atoms with E-state index in [1.54, 1.807) is 6.08 Å². The molecule has 0 aliphatic carbocycles. The standard InChI is InChI=1S/C17H17NO2S/c19-16(17-7-4-12-21-17)13-15(14-5-2-1-3-6-14)18-8-10-20-11-9-18/h1-7,12-13H,8-11H2/b15-13+. The van der Waals surface area contributed by atoms with Crippen molar-refractivity contribution >= 4 is 22.8 Å². The first-order valence-corrected chi connectivity index (χ1v) is 7.90. The number of rotatable bonds is 4. The van der Waals surface area contributed by atoms with Crippen LogP contribution in [-0.2, 0) is 4.74 Å². The summed E-state index contributed by atoms with van der Waals surface area (Å²) in [7, 11) is 0. The molecular formula is C17H17NO2S. The summed E-state index contributed by atoms with van der Waals surface area (Å²) in [6.45, 7) is 3.05. The van der Waals surface area contributed by atoms with E-state index >= 15 is 0 Å². The molecule has 0 N–H and O–H groups in total. The monoisotopic (exact) mass is 299 g/mol. The largest absolute Gasteiger partial charge is 0.378 e. The Kier molecular flexibility index (Phi) is 4.48. The predicted molar refractivity (Wildman–Crippen MR) is 85.5 cm³/mol. The van der Waals surface area contributed by atoms with Gasteiger partial charge in [-0.1, -0.05) is 36.4 Å². The molecule has 0 unspecified atom stereocenters. The molecular weight excluding hydrogens is 282 g/mol. The van der Waals surface area contributed by atoms with Gasteiger partial charge < -0.3 is 9.64 Å². The topological polar surface area (TPSA) is 29.5 Å². The number of benzene rings is 1.